The van der Waals surface area contributed by atoms with Crippen molar-refractivity contribution in [2.24, 2.45) is 0 Å². The first-order chi connectivity index (χ1) is 10.3. The molecular weight excluding hydrogens is 268 g/mol. The van der Waals surface area contributed by atoms with Crippen LogP contribution in [0.3, 0.4) is 0 Å². The topological polar surface area (TPSA) is 69.0 Å². The van der Waals surface area contributed by atoms with Gasteiger partial charge in [0.1, 0.15) is 0 Å². The fourth-order valence-electron chi connectivity index (χ4n) is 2.39. The summed E-state index contributed by atoms with van der Waals surface area (Å²) in [6, 6.07) is 5.49. The SMILES string of the molecule is O=C(CC[C@@H]1CCCO1)Nc1ccc(-n2cccn2)nc1. The summed E-state index contributed by atoms with van der Waals surface area (Å²) >= 11 is 0. The van der Waals surface area contributed by atoms with Crippen molar-refractivity contribution in [1.29, 1.82) is 0 Å². The number of pyridine rings is 1. The Kier molecular flexibility index (Phi) is 4.25. The molecule has 1 N–H and O–H groups in total. The van der Waals surface area contributed by atoms with Gasteiger partial charge in [-0.2, -0.15) is 5.10 Å². The number of nitrogens with zero attached hydrogens (tertiary/aromatic N) is 3. The van der Waals surface area contributed by atoms with Crippen LogP contribution in [0.2, 0.25) is 0 Å². The number of carbonyl (C=O) groups excluding carboxylic acids is 1. The number of nitrogens with one attached hydrogen (secondary N) is 1. The molecule has 3 heterocycles. The minimum Gasteiger partial charge on any atom is -0.378 e. The van der Waals surface area contributed by atoms with Crippen molar-refractivity contribution in [1.82, 2.24) is 14.8 Å². The predicted molar refractivity (Wildman–Crippen MR) is 78.2 cm³/mol. The molecule has 6 heteroatoms. The van der Waals surface area contributed by atoms with Crippen LogP contribution < -0.4 is 5.32 Å². The Labute approximate surface area is 123 Å². The highest BCUT2D eigenvalue weighted by atomic mass is 16.5. The standard InChI is InChI=1S/C15H18N4O2/c20-15(7-5-13-3-1-10-21-13)18-12-4-6-14(16-11-12)19-9-2-8-17-19/h2,4,6,8-9,11,13H,1,3,5,7,10H2,(H,18,20)/t13-/m0/s1. The Morgan fingerprint density at radius 1 is 1.48 bits per heavy atom. The maximum absolute atomic E-state index is 11.9. The second-order valence-corrected chi connectivity index (χ2v) is 5.08. The molecule has 1 saturated heterocycles. The van der Waals surface area contributed by atoms with Crippen LogP contribution in [0.4, 0.5) is 5.69 Å². The van der Waals surface area contributed by atoms with Gasteiger partial charge in [-0.15, -0.1) is 0 Å². The number of carbonyl (C=O) groups is 1. The summed E-state index contributed by atoms with van der Waals surface area (Å²) in [6.07, 6.45) is 8.83. The van der Waals surface area contributed by atoms with Crippen molar-refractivity contribution in [3.63, 3.8) is 0 Å². The maximum Gasteiger partial charge on any atom is 0.224 e. The Morgan fingerprint density at radius 2 is 2.43 bits per heavy atom. The van der Waals surface area contributed by atoms with Crippen LogP contribution in [0.5, 0.6) is 0 Å². The van der Waals surface area contributed by atoms with Gasteiger partial charge in [-0.1, -0.05) is 0 Å². The van der Waals surface area contributed by atoms with Crippen LogP contribution >= 0.6 is 0 Å². The van der Waals surface area contributed by atoms with E-state index in [1.165, 1.54) is 0 Å². The highest BCUT2D eigenvalue weighted by molar-refractivity contribution is 5.90. The van der Waals surface area contributed by atoms with Gasteiger partial charge in [0.2, 0.25) is 5.91 Å². The maximum atomic E-state index is 11.9. The van der Waals surface area contributed by atoms with Crippen LogP contribution in [-0.4, -0.2) is 33.4 Å². The number of hydrogen-bond donors (Lipinski definition) is 1. The molecule has 1 aliphatic rings. The van der Waals surface area contributed by atoms with E-state index in [2.05, 4.69) is 15.4 Å². The molecule has 0 saturated carbocycles. The summed E-state index contributed by atoms with van der Waals surface area (Å²) < 4.78 is 7.18. The summed E-state index contributed by atoms with van der Waals surface area (Å²) in [5.74, 6) is 0.719. The summed E-state index contributed by atoms with van der Waals surface area (Å²) in [4.78, 5) is 16.1. The average molecular weight is 286 g/mol. The Hall–Kier alpha value is -2.21. The second kappa shape index (κ2) is 6.49. The van der Waals surface area contributed by atoms with Crippen molar-refractivity contribution in [3.8, 4) is 5.82 Å². The fraction of sp³-hybridized carbons (Fsp3) is 0.400. The molecule has 6 nitrogen and oxygen atoms in total. The molecule has 3 rings (SSSR count). The van der Waals surface area contributed by atoms with Crippen molar-refractivity contribution in [2.45, 2.75) is 31.8 Å². The van der Waals surface area contributed by atoms with Crippen LogP contribution in [0.15, 0.2) is 36.8 Å². The van der Waals surface area contributed by atoms with Crippen LogP contribution in [0.25, 0.3) is 5.82 Å². The van der Waals surface area contributed by atoms with Crippen LogP contribution in [0.1, 0.15) is 25.7 Å². The van der Waals surface area contributed by atoms with E-state index >= 15 is 0 Å². The Balaban J connectivity index is 1.51. The van der Waals surface area contributed by atoms with Crippen molar-refractivity contribution in [2.75, 3.05) is 11.9 Å². The molecule has 0 spiro atoms. The second-order valence-electron chi connectivity index (χ2n) is 5.08. The van der Waals surface area contributed by atoms with E-state index in [4.69, 9.17) is 4.74 Å². The van der Waals surface area contributed by atoms with E-state index in [1.807, 2.05) is 24.4 Å². The van der Waals surface area contributed by atoms with E-state index in [9.17, 15) is 4.79 Å². The van der Waals surface area contributed by atoms with Gasteiger partial charge in [-0.3, -0.25) is 4.79 Å². The fourth-order valence-corrected chi connectivity index (χ4v) is 2.39. The molecule has 1 atom stereocenters. The lowest BCUT2D eigenvalue weighted by molar-refractivity contribution is -0.116. The van der Waals surface area contributed by atoms with Crippen LogP contribution in [-0.2, 0) is 9.53 Å². The molecule has 2 aromatic rings. The third-order valence-corrected chi connectivity index (χ3v) is 3.49. The monoisotopic (exact) mass is 286 g/mol. The van der Waals surface area contributed by atoms with Gasteiger partial charge in [0.25, 0.3) is 0 Å². The lowest BCUT2D eigenvalue weighted by Crippen LogP contribution is -2.15. The summed E-state index contributed by atoms with van der Waals surface area (Å²) in [6.45, 7) is 0.824. The van der Waals surface area contributed by atoms with E-state index in [0.29, 0.717) is 12.1 Å². The highest BCUT2D eigenvalue weighted by Gasteiger charge is 2.16. The van der Waals surface area contributed by atoms with E-state index < -0.39 is 0 Å². The molecule has 21 heavy (non-hydrogen) atoms. The zero-order valence-corrected chi connectivity index (χ0v) is 11.7. The Morgan fingerprint density at radius 3 is 3.10 bits per heavy atom. The number of aromatic nitrogens is 3. The molecule has 0 aliphatic carbocycles. The predicted octanol–water partition coefficient (Wildman–Crippen LogP) is 2.17. The Bertz CT molecular complexity index is 574. The minimum absolute atomic E-state index is 0.000797. The number of ether oxygens (including phenoxy) is 1. The average Bonchev–Trinajstić information content (AvgIpc) is 3.19. The van der Waals surface area contributed by atoms with Gasteiger partial charge < -0.3 is 10.1 Å². The van der Waals surface area contributed by atoms with E-state index in [-0.39, 0.29) is 12.0 Å². The first-order valence-corrected chi connectivity index (χ1v) is 7.19. The minimum atomic E-state index is -0.000797. The van der Waals surface area contributed by atoms with Gasteiger partial charge in [0.05, 0.1) is 18.0 Å². The molecule has 1 amide bonds. The normalized spacial score (nSPS) is 17.8. The third-order valence-electron chi connectivity index (χ3n) is 3.49. The molecular formula is C15H18N4O2. The molecule has 2 aromatic heterocycles. The van der Waals surface area contributed by atoms with E-state index in [0.717, 1.165) is 31.7 Å². The molecule has 0 aromatic carbocycles. The smallest absolute Gasteiger partial charge is 0.224 e. The van der Waals surface area contributed by atoms with Crippen molar-refractivity contribution >= 4 is 11.6 Å². The number of rotatable bonds is 5. The summed E-state index contributed by atoms with van der Waals surface area (Å²) in [5.41, 5.74) is 0.697. The number of anilines is 1. The largest absolute Gasteiger partial charge is 0.378 e. The molecule has 0 bridgehead atoms. The highest BCUT2D eigenvalue weighted by Crippen LogP contribution is 2.17. The molecule has 0 radical (unpaired) electrons. The molecule has 1 fully saturated rings. The molecule has 0 unspecified atom stereocenters. The quantitative estimate of drug-likeness (QED) is 0.914. The third kappa shape index (κ3) is 3.66. The van der Waals surface area contributed by atoms with Crippen molar-refractivity contribution < 1.29 is 9.53 Å². The van der Waals surface area contributed by atoms with Gasteiger partial charge >= 0.3 is 0 Å². The van der Waals surface area contributed by atoms with Gasteiger partial charge in [0, 0.05) is 25.4 Å². The van der Waals surface area contributed by atoms with Crippen molar-refractivity contribution in [3.05, 3.63) is 36.8 Å². The summed E-state index contributed by atoms with van der Waals surface area (Å²) in [7, 11) is 0. The lowest BCUT2D eigenvalue weighted by atomic mass is 10.1. The first kappa shape index (κ1) is 13.8. The molecule has 1 aliphatic heterocycles. The zero-order chi connectivity index (χ0) is 14.5. The summed E-state index contributed by atoms with van der Waals surface area (Å²) in [5, 5.41) is 6.96. The van der Waals surface area contributed by atoms with Gasteiger partial charge in [-0.25, -0.2) is 9.67 Å². The lowest BCUT2D eigenvalue weighted by Gasteiger charge is -2.09. The zero-order valence-electron chi connectivity index (χ0n) is 11.7. The molecule has 110 valence electrons. The van der Waals surface area contributed by atoms with Gasteiger partial charge in [0.15, 0.2) is 5.82 Å². The van der Waals surface area contributed by atoms with Gasteiger partial charge in [-0.05, 0) is 37.5 Å². The number of hydrogen-bond acceptors (Lipinski definition) is 4. The van der Waals surface area contributed by atoms with E-state index in [1.54, 1.807) is 17.1 Å². The number of amides is 1. The van der Waals surface area contributed by atoms with Crippen LogP contribution in [0, 0.1) is 0 Å². The first-order valence-electron chi connectivity index (χ1n) is 7.19.